The Balaban J connectivity index is 1.68. The van der Waals surface area contributed by atoms with Crippen molar-refractivity contribution < 1.29 is 18.7 Å². The molecule has 0 saturated heterocycles. The monoisotopic (exact) mass is 429 g/mol. The Morgan fingerprint density at radius 3 is 2.28 bits per heavy atom. The van der Waals surface area contributed by atoms with Gasteiger partial charge in [-0.3, -0.25) is 9.59 Å². The second-order valence-corrected chi connectivity index (χ2v) is 7.50. The zero-order valence-corrected chi connectivity index (χ0v) is 16.8. The van der Waals surface area contributed by atoms with Crippen molar-refractivity contribution in [1.29, 1.82) is 0 Å². The zero-order valence-electron chi connectivity index (χ0n) is 15.2. The SMILES string of the molecule is O=C(CSc1ccc(Cl)cc1)O[C@@H](C(=O)Nc1ccc(F)cc1)c1ccccc1. The number of nitrogens with one attached hydrogen (secondary N) is 1. The number of carbonyl (C=O) groups excluding carboxylic acids is 2. The van der Waals surface area contributed by atoms with Crippen LogP contribution in [0, 0.1) is 5.82 Å². The number of hydrogen-bond acceptors (Lipinski definition) is 4. The van der Waals surface area contributed by atoms with E-state index in [-0.39, 0.29) is 5.75 Å². The van der Waals surface area contributed by atoms with Crippen molar-refractivity contribution in [3.63, 3.8) is 0 Å². The molecular weight excluding hydrogens is 413 g/mol. The minimum absolute atomic E-state index is 0.0365. The lowest BCUT2D eigenvalue weighted by molar-refractivity contribution is -0.152. The molecule has 3 aromatic rings. The number of ether oxygens (including phenoxy) is 1. The number of halogens is 2. The summed E-state index contributed by atoms with van der Waals surface area (Å²) in [5.74, 6) is -1.43. The number of amides is 1. The first-order valence-electron chi connectivity index (χ1n) is 8.70. The summed E-state index contributed by atoms with van der Waals surface area (Å²) in [7, 11) is 0. The van der Waals surface area contributed by atoms with Gasteiger partial charge in [-0.25, -0.2) is 4.39 Å². The number of esters is 1. The third kappa shape index (κ3) is 6.34. The zero-order chi connectivity index (χ0) is 20.6. The van der Waals surface area contributed by atoms with E-state index >= 15 is 0 Å². The van der Waals surface area contributed by atoms with Gasteiger partial charge in [-0.1, -0.05) is 41.9 Å². The molecule has 0 aromatic heterocycles. The van der Waals surface area contributed by atoms with E-state index in [2.05, 4.69) is 5.32 Å². The highest BCUT2D eigenvalue weighted by Crippen LogP contribution is 2.24. The van der Waals surface area contributed by atoms with Gasteiger partial charge < -0.3 is 10.1 Å². The molecule has 0 radical (unpaired) electrons. The smallest absolute Gasteiger partial charge is 0.317 e. The van der Waals surface area contributed by atoms with Gasteiger partial charge in [0, 0.05) is 21.2 Å². The van der Waals surface area contributed by atoms with Crippen LogP contribution in [0.5, 0.6) is 0 Å². The van der Waals surface area contributed by atoms with Crippen molar-refractivity contribution in [1.82, 2.24) is 0 Å². The van der Waals surface area contributed by atoms with Gasteiger partial charge >= 0.3 is 5.97 Å². The first kappa shape index (κ1) is 20.9. The van der Waals surface area contributed by atoms with Gasteiger partial charge in [-0.2, -0.15) is 0 Å². The lowest BCUT2D eigenvalue weighted by Crippen LogP contribution is -2.26. The van der Waals surface area contributed by atoms with E-state index < -0.39 is 23.8 Å². The minimum Gasteiger partial charge on any atom is -0.447 e. The first-order valence-corrected chi connectivity index (χ1v) is 10.1. The summed E-state index contributed by atoms with van der Waals surface area (Å²) in [6.07, 6.45) is -1.13. The summed E-state index contributed by atoms with van der Waals surface area (Å²) in [6, 6.07) is 21.1. The molecule has 0 aliphatic heterocycles. The molecule has 0 unspecified atom stereocenters. The van der Waals surface area contributed by atoms with Crippen molar-refractivity contribution in [3.8, 4) is 0 Å². The number of rotatable bonds is 7. The molecule has 0 aliphatic carbocycles. The van der Waals surface area contributed by atoms with Crippen molar-refractivity contribution in [2.45, 2.75) is 11.0 Å². The van der Waals surface area contributed by atoms with E-state index in [1.807, 2.05) is 0 Å². The van der Waals surface area contributed by atoms with Gasteiger partial charge in [-0.15, -0.1) is 11.8 Å². The average molecular weight is 430 g/mol. The van der Waals surface area contributed by atoms with Crippen LogP contribution in [-0.2, 0) is 14.3 Å². The molecular formula is C22H17ClFNO3S. The summed E-state index contributed by atoms with van der Waals surface area (Å²) in [5.41, 5.74) is 0.945. The molecule has 0 saturated carbocycles. The largest absolute Gasteiger partial charge is 0.447 e. The maximum Gasteiger partial charge on any atom is 0.317 e. The highest BCUT2D eigenvalue weighted by atomic mass is 35.5. The predicted molar refractivity (Wildman–Crippen MR) is 112 cm³/mol. The Labute approximate surface area is 177 Å². The average Bonchev–Trinajstić information content (AvgIpc) is 2.74. The quantitative estimate of drug-likeness (QED) is 0.398. The fraction of sp³-hybridized carbons (Fsp3) is 0.0909. The number of hydrogen-bond donors (Lipinski definition) is 1. The lowest BCUT2D eigenvalue weighted by atomic mass is 10.1. The summed E-state index contributed by atoms with van der Waals surface area (Å²) in [5, 5.41) is 3.26. The molecule has 0 heterocycles. The Morgan fingerprint density at radius 2 is 1.62 bits per heavy atom. The maximum atomic E-state index is 13.1. The van der Waals surface area contributed by atoms with E-state index in [4.69, 9.17) is 16.3 Å². The molecule has 29 heavy (non-hydrogen) atoms. The van der Waals surface area contributed by atoms with Crippen LogP contribution in [0.15, 0.2) is 83.8 Å². The van der Waals surface area contributed by atoms with Crippen molar-refractivity contribution >= 4 is 40.9 Å². The van der Waals surface area contributed by atoms with Gasteiger partial charge in [0.15, 0.2) is 0 Å². The Morgan fingerprint density at radius 1 is 0.966 bits per heavy atom. The van der Waals surface area contributed by atoms with Crippen LogP contribution in [0.25, 0.3) is 0 Å². The Hall–Kier alpha value is -2.83. The van der Waals surface area contributed by atoms with Gasteiger partial charge in [0.25, 0.3) is 5.91 Å². The number of thioether (sulfide) groups is 1. The summed E-state index contributed by atoms with van der Waals surface area (Å²) in [4.78, 5) is 26.0. The standard InChI is InChI=1S/C22H17ClFNO3S/c23-16-6-12-19(13-7-16)29-14-20(26)28-21(15-4-2-1-3-5-15)22(27)25-18-10-8-17(24)9-11-18/h1-13,21H,14H2,(H,25,27)/t21-/m1/s1. The molecule has 1 N–H and O–H groups in total. The fourth-order valence-corrected chi connectivity index (χ4v) is 3.29. The molecule has 1 atom stereocenters. The third-order valence-electron chi connectivity index (χ3n) is 3.87. The first-order chi connectivity index (χ1) is 14.0. The summed E-state index contributed by atoms with van der Waals surface area (Å²) < 4.78 is 18.5. The van der Waals surface area contributed by atoms with E-state index in [0.717, 1.165) is 4.90 Å². The van der Waals surface area contributed by atoms with Crippen LogP contribution < -0.4 is 5.32 Å². The second kappa shape index (κ2) is 10.1. The van der Waals surface area contributed by atoms with Gasteiger partial charge in [0.1, 0.15) is 5.82 Å². The molecule has 0 aliphatic rings. The Kier molecular flexibility index (Phi) is 7.27. The maximum absolute atomic E-state index is 13.1. The lowest BCUT2D eigenvalue weighted by Gasteiger charge is -2.18. The van der Waals surface area contributed by atoms with E-state index in [1.54, 1.807) is 54.6 Å². The van der Waals surface area contributed by atoms with Crippen molar-refractivity contribution in [3.05, 3.63) is 95.3 Å². The van der Waals surface area contributed by atoms with E-state index in [9.17, 15) is 14.0 Å². The van der Waals surface area contributed by atoms with Crippen LogP contribution in [0.3, 0.4) is 0 Å². The van der Waals surface area contributed by atoms with Crippen LogP contribution >= 0.6 is 23.4 Å². The molecule has 0 fully saturated rings. The molecule has 0 spiro atoms. The highest BCUT2D eigenvalue weighted by molar-refractivity contribution is 8.00. The summed E-state index contributed by atoms with van der Waals surface area (Å²) >= 11 is 7.14. The summed E-state index contributed by atoms with van der Waals surface area (Å²) in [6.45, 7) is 0. The van der Waals surface area contributed by atoms with Gasteiger partial charge in [-0.05, 0) is 48.5 Å². The van der Waals surface area contributed by atoms with Crippen LogP contribution in [0.1, 0.15) is 11.7 Å². The molecule has 3 aromatic carbocycles. The molecule has 7 heteroatoms. The topological polar surface area (TPSA) is 55.4 Å². The third-order valence-corrected chi connectivity index (χ3v) is 5.11. The van der Waals surface area contributed by atoms with Crippen LogP contribution in [-0.4, -0.2) is 17.6 Å². The molecule has 4 nitrogen and oxygen atoms in total. The highest BCUT2D eigenvalue weighted by Gasteiger charge is 2.25. The molecule has 3 rings (SSSR count). The van der Waals surface area contributed by atoms with E-state index in [1.165, 1.54) is 36.0 Å². The van der Waals surface area contributed by atoms with Crippen LogP contribution in [0.2, 0.25) is 5.02 Å². The number of carbonyl (C=O) groups is 2. The van der Waals surface area contributed by atoms with Gasteiger partial charge in [0.2, 0.25) is 6.10 Å². The minimum atomic E-state index is -1.13. The number of benzene rings is 3. The Bertz CT molecular complexity index is 966. The van der Waals surface area contributed by atoms with E-state index in [0.29, 0.717) is 16.3 Å². The number of anilines is 1. The van der Waals surface area contributed by atoms with Crippen molar-refractivity contribution in [2.24, 2.45) is 0 Å². The molecule has 0 bridgehead atoms. The fourth-order valence-electron chi connectivity index (χ4n) is 2.48. The van der Waals surface area contributed by atoms with Crippen molar-refractivity contribution in [2.75, 3.05) is 11.1 Å². The van der Waals surface area contributed by atoms with Gasteiger partial charge in [0.05, 0.1) is 5.75 Å². The second-order valence-electron chi connectivity index (χ2n) is 6.02. The predicted octanol–water partition coefficient (Wildman–Crippen LogP) is 5.49. The van der Waals surface area contributed by atoms with Crippen LogP contribution in [0.4, 0.5) is 10.1 Å². The normalized spacial score (nSPS) is 11.5. The molecule has 1 amide bonds. The molecule has 148 valence electrons.